The zero-order valence-corrected chi connectivity index (χ0v) is 15.8. The van der Waals surface area contributed by atoms with Gasteiger partial charge in [-0.15, -0.1) is 12.4 Å². The van der Waals surface area contributed by atoms with Gasteiger partial charge in [-0.2, -0.15) is 0 Å². The van der Waals surface area contributed by atoms with E-state index in [0.29, 0.717) is 22.8 Å². The molecule has 7 heteroatoms. The zero-order chi connectivity index (χ0) is 17.0. The van der Waals surface area contributed by atoms with Crippen LogP contribution < -0.4 is 10.6 Å². The quantitative estimate of drug-likeness (QED) is 0.851. The third kappa shape index (κ3) is 5.10. The molecule has 1 atom stereocenters. The van der Waals surface area contributed by atoms with Crippen LogP contribution in [0, 0.1) is 5.92 Å². The molecule has 2 amide bonds. The summed E-state index contributed by atoms with van der Waals surface area (Å²) in [6.07, 6.45) is 1.86. The van der Waals surface area contributed by atoms with E-state index in [-0.39, 0.29) is 36.2 Å². The molecule has 1 aromatic rings. The summed E-state index contributed by atoms with van der Waals surface area (Å²) in [4.78, 5) is 26.4. The number of nitrogens with zero attached hydrogens (tertiary/aromatic N) is 1. The predicted octanol–water partition coefficient (Wildman–Crippen LogP) is 3.18. The van der Waals surface area contributed by atoms with Crippen LogP contribution in [-0.2, 0) is 4.79 Å². The highest BCUT2D eigenvalue weighted by Gasteiger charge is 2.22. The zero-order valence-electron chi connectivity index (χ0n) is 14.3. The van der Waals surface area contributed by atoms with Gasteiger partial charge in [-0.3, -0.25) is 9.59 Å². The number of nitrogens with one attached hydrogen (secondary N) is 2. The second kappa shape index (κ2) is 9.25. The van der Waals surface area contributed by atoms with Crippen molar-refractivity contribution in [2.24, 2.45) is 5.92 Å². The Morgan fingerprint density at radius 3 is 2.67 bits per heavy atom. The molecule has 1 aromatic carbocycles. The molecule has 1 unspecified atom stereocenters. The number of hydrogen-bond acceptors (Lipinski definition) is 3. The van der Waals surface area contributed by atoms with Gasteiger partial charge in [0.1, 0.15) is 0 Å². The van der Waals surface area contributed by atoms with Crippen molar-refractivity contribution in [1.29, 1.82) is 0 Å². The van der Waals surface area contributed by atoms with Crippen LogP contribution in [0.4, 0.5) is 5.69 Å². The molecule has 2 rings (SSSR count). The molecule has 5 nitrogen and oxygen atoms in total. The normalized spacial score (nSPS) is 17.1. The molecule has 134 valence electrons. The molecule has 1 aliphatic heterocycles. The van der Waals surface area contributed by atoms with Crippen molar-refractivity contribution in [1.82, 2.24) is 10.2 Å². The molecule has 24 heavy (non-hydrogen) atoms. The number of piperidine rings is 1. The minimum Gasteiger partial charge on any atom is -0.339 e. The molecule has 2 N–H and O–H groups in total. The maximum Gasteiger partial charge on any atom is 0.253 e. The molecule has 0 radical (unpaired) electrons. The monoisotopic (exact) mass is 373 g/mol. The summed E-state index contributed by atoms with van der Waals surface area (Å²) in [5, 5.41) is 6.52. The summed E-state index contributed by atoms with van der Waals surface area (Å²) in [5.41, 5.74) is 1.01. The van der Waals surface area contributed by atoms with Crippen molar-refractivity contribution in [3.63, 3.8) is 0 Å². The van der Waals surface area contributed by atoms with Gasteiger partial charge in [0.25, 0.3) is 5.91 Å². The fraction of sp³-hybridized carbons (Fsp3) is 0.529. The first-order chi connectivity index (χ1) is 10.9. The van der Waals surface area contributed by atoms with Gasteiger partial charge < -0.3 is 15.5 Å². The second-order valence-corrected chi connectivity index (χ2v) is 6.64. The van der Waals surface area contributed by atoms with Gasteiger partial charge >= 0.3 is 0 Å². The van der Waals surface area contributed by atoms with Crippen LogP contribution in [0.1, 0.15) is 37.0 Å². The van der Waals surface area contributed by atoms with Gasteiger partial charge in [-0.05, 0) is 51.4 Å². The number of benzene rings is 1. The number of carbonyl (C=O) groups excluding carboxylic acids is 2. The first-order valence-corrected chi connectivity index (χ1v) is 8.36. The Morgan fingerprint density at radius 2 is 2.08 bits per heavy atom. The van der Waals surface area contributed by atoms with E-state index in [2.05, 4.69) is 10.6 Å². The van der Waals surface area contributed by atoms with Gasteiger partial charge in [-0.25, -0.2) is 0 Å². The Kier molecular flexibility index (Phi) is 8.00. The number of anilines is 1. The lowest BCUT2D eigenvalue weighted by molar-refractivity contribution is -0.120. The fourth-order valence-electron chi connectivity index (χ4n) is 2.50. The SMILES string of the molecule is CC(C)N(C)C(=O)c1ccc(Cl)c(NC(=O)C2CCCNC2)c1.Cl. The fourth-order valence-corrected chi connectivity index (χ4v) is 2.67. The van der Waals surface area contributed by atoms with E-state index in [4.69, 9.17) is 11.6 Å². The van der Waals surface area contributed by atoms with Gasteiger partial charge in [0.2, 0.25) is 5.91 Å². The molecular formula is C17H25Cl2N3O2. The Morgan fingerprint density at radius 1 is 1.38 bits per heavy atom. The number of carbonyl (C=O) groups is 2. The summed E-state index contributed by atoms with van der Waals surface area (Å²) in [6.45, 7) is 5.54. The summed E-state index contributed by atoms with van der Waals surface area (Å²) in [6, 6.07) is 5.08. The summed E-state index contributed by atoms with van der Waals surface area (Å²) in [5.74, 6) is -0.204. The van der Waals surface area contributed by atoms with E-state index >= 15 is 0 Å². The van der Waals surface area contributed by atoms with E-state index in [1.165, 1.54) is 0 Å². The van der Waals surface area contributed by atoms with Crippen LogP contribution in [0.5, 0.6) is 0 Å². The van der Waals surface area contributed by atoms with Crippen LogP contribution in [-0.4, -0.2) is 42.9 Å². The molecule has 0 aromatic heterocycles. The maximum absolute atomic E-state index is 12.4. The highest BCUT2D eigenvalue weighted by Crippen LogP contribution is 2.25. The van der Waals surface area contributed by atoms with Crippen molar-refractivity contribution in [2.75, 3.05) is 25.5 Å². The topological polar surface area (TPSA) is 61.4 Å². The molecule has 0 bridgehead atoms. The highest BCUT2D eigenvalue weighted by atomic mass is 35.5. The first kappa shape index (κ1) is 20.7. The molecule has 0 aliphatic carbocycles. The smallest absolute Gasteiger partial charge is 0.253 e. The van der Waals surface area contributed by atoms with E-state index in [1.54, 1.807) is 30.1 Å². The lowest BCUT2D eigenvalue weighted by atomic mass is 9.98. The van der Waals surface area contributed by atoms with Gasteiger partial charge in [0.15, 0.2) is 0 Å². The third-order valence-electron chi connectivity index (χ3n) is 4.23. The molecule has 0 saturated carbocycles. The summed E-state index contributed by atoms with van der Waals surface area (Å²) >= 11 is 6.17. The van der Waals surface area contributed by atoms with Crippen LogP contribution in [0.3, 0.4) is 0 Å². The van der Waals surface area contributed by atoms with Gasteiger partial charge in [0, 0.05) is 25.2 Å². The Balaban J connectivity index is 0.00000288. The largest absolute Gasteiger partial charge is 0.339 e. The summed E-state index contributed by atoms with van der Waals surface area (Å²) in [7, 11) is 1.76. The van der Waals surface area contributed by atoms with Gasteiger partial charge in [0.05, 0.1) is 16.6 Å². The maximum atomic E-state index is 12.4. The third-order valence-corrected chi connectivity index (χ3v) is 4.56. The first-order valence-electron chi connectivity index (χ1n) is 7.98. The number of hydrogen-bond donors (Lipinski definition) is 2. The Hall–Kier alpha value is -1.30. The number of halogens is 2. The average Bonchev–Trinajstić information content (AvgIpc) is 2.56. The van der Waals surface area contributed by atoms with Crippen molar-refractivity contribution in [3.8, 4) is 0 Å². The van der Waals surface area contributed by atoms with Crippen molar-refractivity contribution >= 4 is 41.5 Å². The molecule has 1 saturated heterocycles. The van der Waals surface area contributed by atoms with Crippen LogP contribution >= 0.6 is 24.0 Å². The van der Waals surface area contributed by atoms with Crippen LogP contribution in [0.25, 0.3) is 0 Å². The minimum absolute atomic E-state index is 0. The molecule has 0 spiro atoms. The van der Waals surface area contributed by atoms with Crippen molar-refractivity contribution < 1.29 is 9.59 Å². The Bertz CT molecular complexity index is 587. The van der Waals surface area contributed by atoms with Crippen LogP contribution in [0.15, 0.2) is 18.2 Å². The second-order valence-electron chi connectivity index (χ2n) is 6.24. The molecule has 1 aliphatic rings. The van der Waals surface area contributed by atoms with Crippen molar-refractivity contribution in [2.45, 2.75) is 32.7 Å². The average molecular weight is 374 g/mol. The van der Waals surface area contributed by atoms with E-state index in [9.17, 15) is 9.59 Å². The molecule has 1 fully saturated rings. The number of amides is 2. The van der Waals surface area contributed by atoms with Crippen LogP contribution in [0.2, 0.25) is 5.02 Å². The predicted molar refractivity (Wildman–Crippen MR) is 100 cm³/mol. The van der Waals surface area contributed by atoms with Gasteiger partial charge in [-0.1, -0.05) is 11.6 Å². The van der Waals surface area contributed by atoms with E-state index < -0.39 is 0 Å². The van der Waals surface area contributed by atoms with E-state index in [0.717, 1.165) is 19.4 Å². The number of rotatable bonds is 4. The lowest BCUT2D eigenvalue weighted by Crippen LogP contribution is -2.37. The van der Waals surface area contributed by atoms with E-state index in [1.807, 2.05) is 13.8 Å². The standard InChI is InChI=1S/C17H24ClN3O2.ClH/c1-11(2)21(3)17(23)12-6-7-14(18)15(9-12)20-16(22)13-5-4-8-19-10-13;/h6-7,9,11,13,19H,4-5,8,10H2,1-3H3,(H,20,22);1H. The molecule has 1 heterocycles. The molecular weight excluding hydrogens is 349 g/mol. The van der Waals surface area contributed by atoms with Crippen molar-refractivity contribution in [3.05, 3.63) is 28.8 Å². The summed E-state index contributed by atoms with van der Waals surface area (Å²) < 4.78 is 0. The minimum atomic E-state index is -0.0912. The highest BCUT2D eigenvalue weighted by molar-refractivity contribution is 6.33. The Labute approximate surface area is 154 Å². The lowest BCUT2D eigenvalue weighted by Gasteiger charge is -2.23.